The normalized spacial score (nSPS) is 17.7. The zero-order valence-electron chi connectivity index (χ0n) is 23.1. The van der Waals surface area contributed by atoms with Crippen LogP contribution < -0.4 is 5.32 Å². The van der Waals surface area contributed by atoms with Crippen molar-refractivity contribution in [3.63, 3.8) is 0 Å². The Morgan fingerprint density at radius 3 is 2.71 bits per heavy atom. The summed E-state index contributed by atoms with van der Waals surface area (Å²) in [6, 6.07) is 10.8. The molecule has 2 aromatic carbocycles. The van der Waals surface area contributed by atoms with Crippen molar-refractivity contribution >= 4 is 35.0 Å². The van der Waals surface area contributed by atoms with Crippen LogP contribution in [0.4, 0.5) is 8.78 Å². The van der Waals surface area contributed by atoms with E-state index in [4.69, 9.17) is 16.3 Å². The number of amides is 2. The molecule has 5 rings (SSSR count). The Kier molecular flexibility index (Phi) is 8.97. The van der Waals surface area contributed by atoms with Crippen molar-refractivity contribution in [2.75, 3.05) is 20.2 Å². The number of nitrogens with one attached hydrogen (secondary N) is 1. The average molecular weight is 594 g/mol. The van der Waals surface area contributed by atoms with Gasteiger partial charge in [-0.1, -0.05) is 36.6 Å². The van der Waals surface area contributed by atoms with Crippen molar-refractivity contribution < 1.29 is 27.9 Å². The van der Waals surface area contributed by atoms with E-state index in [1.54, 1.807) is 35.4 Å². The van der Waals surface area contributed by atoms with Crippen molar-refractivity contribution in [1.82, 2.24) is 15.2 Å². The molecule has 3 heterocycles. The lowest BCUT2D eigenvalue weighted by Gasteiger charge is -2.34. The molecule has 10 heteroatoms. The molecule has 3 aromatic rings. The van der Waals surface area contributed by atoms with Crippen LogP contribution in [0.1, 0.15) is 65.3 Å². The minimum atomic E-state index is -0.878. The fourth-order valence-corrected chi connectivity index (χ4v) is 5.72. The largest absolute Gasteiger partial charge is 0.469 e. The van der Waals surface area contributed by atoms with Gasteiger partial charge in [-0.15, -0.1) is 0 Å². The van der Waals surface area contributed by atoms with E-state index in [-0.39, 0.29) is 53.4 Å². The maximum absolute atomic E-state index is 14.7. The lowest BCUT2D eigenvalue weighted by atomic mass is 9.93. The van der Waals surface area contributed by atoms with Crippen LogP contribution in [0.5, 0.6) is 0 Å². The Morgan fingerprint density at radius 1 is 1.10 bits per heavy atom. The number of carbonyl (C=O) groups excluding carboxylic acids is 3. The van der Waals surface area contributed by atoms with Gasteiger partial charge in [0.25, 0.3) is 5.91 Å². The van der Waals surface area contributed by atoms with Gasteiger partial charge in [-0.05, 0) is 71.9 Å². The Labute approximate surface area is 247 Å². The SMILES string of the molecule is COC(=O)Cc1ccc2c(c1)C(=O)NCCCCC[C@H](N1CCC(c3c(F)ccc(Cl)c3F)=CC1=O)c1cc-2ccn1. The van der Waals surface area contributed by atoms with Crippen molar-refractivity contribution in [3.05, 3.63) is 93.8 Å². The third-order valence-electron chi connectivity index (χ3n) is 7.72. The predicted octanol–water partition coefficient (Wildman–Crippen LogP) is 6.06. The van der Waals surface area contributed by atoms with Gasteiger partial charge in [0.2, 0.25) is 5.91 Å². The van der Waals surface area contributed by atoms with Crippen LogP contribution in [-0.4, -0.2) is 47.9 Å². The van der Waals surface area contributed by atoms with E-state index in [0.717, 1.165) is 37.0 Å². The van der Waals surface area contributed by atoms with Crippen LogP contribution in [-0.2, 0) is 20.7 Å². The summed E-state index contributed by atoms with van der Waals surface area (Å²) in [6.07, 6.45) is 6.18. The summed E-state index contributed by atoms with van der Waals surface area (Å²) in [5.41, 5.74) is 3.14. The van der Waals surface area contributed by atoms with Crippen LogP contribution in [0, 0.1) is 11.6 Å². The van der Waals surface area contributed by atoms with Crippen LogP contribution >= 0.6 is 11.6 Å². The molecule has 0 radical (unpaired) electrons. The number of pyridine rings is 1. The summed E-state index contributed by atoms with van der Waals surface area (Å²) < 4.78 is 34.0. The highest BCUT2D eigenvalue weighted by molar-refractivity contribution is 6.31. The molecule has 0 saturated heterocycles. The second-order valence-corrected chi connectivity index (χ2v) is 10.8. The number of hydrogen-bond acceptors (Lipinski definition) is 5. The van der Waals surface area contributed by atoms with Gasteiger partial charge in [-0.3, -0.25) is 19.4 Å². The van der Waals surface area contributed by atoms with Gasteiger partial charge in [-0.2, -0.15) is 0 Å². The molecule has 0 saturated carbocycles. The highest BCUT2D eigenvalue weighted by Gasteiger charge is 2.31. The molecule has 7 nitrogen and oxygen atoms in total. The topological polar surface area (TPSA) is 88.6 Å². The maximum atomic E-state index is 14.7. The molecule has 0 spiro atoms. The molecular weight excluding hydrogens is 564 g/mol. The Balaban J connectivity index is 1.51. The summed E-state index contributed by atoms with van der Waals surface area (Å²) in [5, 5.41) is 2.78. The van der Waals surface area contributed by atoms with E-state index in [0.29, 0.717) is 35.3 Å². The van der Waals surface area contributed by atoms with Crippen LogP contribution in [0.15, 0.2) is 54.7 Å². The van der Waals surface area contributed by atoms with Crippen molar-refractivity contribution in [2.24, 2.45) is 0 Å². The number of nitrogens with zero attached hydrogens (tertiary/aromatic N) is 2. The predicted molar refractivity (Wildman–Crippen MR) is 155 cm³/mol. The smallest absolute Gasteiger partial charge is 0.309 e. The first-order valence-electron chi connectivity index (χ1n) is 13.9. The van der Waals surface area contributed by atoms with Crippen LogP contribution in [0.3, 0.4) is 0 Å². The Morgan fingerprint density at radius 2 is 1.93 bits per heavy atom. The van der Waals surface area contributed by atoms with Gasteiger partial charge in [-0.25, -0.2) is 8.78 Å². The first kappa shape index (κ1) is 29.4. The maximum Gasteiger partial charge on any atom is 0.309 e. The van der Waals surface area contributed by atoms with Gasteiger partial charge in [0, 0.05) is 30.9 Å². The van der Waals surface area contributed by atoms with Crippen molar-refractivity contribution in [1.29, 1.82) is 0 Å². The van der Waals surface area contributed by atoms with Crippen LogP contribution in [0.2, 0.25) is 5.02 Å². The van der Waals surface area contributed by atoms with E-state index in [1.165, 1.54) is 13.2 Å². The first-order valence-corrected chi connectivity index (χ1v) is 14.2. The zero-order valence-corrected chi connectivity index (χ0v) is 23.8. The number of carbonyl (C=O) groups is 3. The standard InChI is InChI=1S/C32H30ClF2N3O4/c1-42-29(40)16-19-6-7-22-20-10-13-36-26(17-20)27(5-3-2-4-12-37-32(41)23(22)15-19)38-14-11-21(18-28(38)39)30-25(34)9-8-24(33)31(30)35/h6-10,13,15,17-18,27H,2-5,11-12,14,16H2,1H3,(H,37,41)/t27-/m0/s1. The van der Waals surface area contributed by atoms with Crippen molar-refractivity contribution in [2.45, 2.75) is 44.6 Å². The van der Waals surface area contributed by atoms with Gasteiger partial charge < -0.3 is 15.0 Å². The molecule has 1 N–H and O–H groups in total. The summed E-state index contributed by atoms with van der Waals surface area (Å²) in [6.45, 7) is 0.728. The second-order valence-electron chi connectivity index (χ2n) is 10.4. The highest BCUT2D eigenvalue weighted by atomic mass is 35.5. The molecule has 2 aliphatic heterocycles. The fourth-order valence-electron chi connectivity index (χ4n) is 5.56. The van der Waals surface area contributed by atoms with Crippen LogP contribution in [0.25, 0.3) is 16.7 Å². The number of benzene rings is 2. The van der Waals surface area contributed by atoms with Gasteiger partial charge in [0.05, 0.1) is 35.9 Å². The van der Waals surface area contributed by atoms with Crippen molar-refractivity contribution in [3.8, 4) is 11.1 Å². The van der Waals surface area contributed by atoms with E-state index in [2.05, 4.69) is 10.3 Å². The molecule has 0 fully saturated rings. The number of aromatic nitrogens is 1. The Hall–Kier alpha value is -4.11. The van der Waals surface area contributed by atoms with Gasteiger partial charge in [0.1, 0.15) is 5.82 Å². The minimum Gasteiger partial charge on any atom is -0.469 e. The fraction of sp³-hybridized carbons (Fsp3) is 0.312. The van der Waals surface area contributed by atoms with E-state index >= 15 is 0 Å². The van der Waals surface area contributed by atoms with E-state index in [1.807, 2.05) is 6.07 Å². The highest BCUT2D eigenvalue weighted by Crippen LogP contribution is 2.36. The number of methoxy groups -OCH3 is 1. The zero-order chi connectivity index (χ0) is 29.8. The number of rotatable bonds is 4. The number of hydrogen-bond donors (Lipinski definition) is 1. The number of ether oxygens (including phenoxy) is 1. The summed E-state index contributed by atoms with van der Waals surface area (Å²) in [5.74, 6) is -2.65. The third-order valence-corrected chi connectivity index (χ3v) is 8.01. The molecule has 1 atom stereocenters. The molecule has 2 bridgehead atoms. The molecule has 218 valence electrons. The second kappa shape index (κ2) is 12.8. The number of fused-ring (bicyclic) bond motifs is 4. The molecule has 0 unspecified atom stereocenters. The van der Waals surface area contributed by atoms with Gasteiger partial charge in [0.15, 0.2) is 5.82 Å². The third kappa shape index (κ3) is 6.21. The lowest BCUT2D eigenvalue weighted by Crippen LogP contribution is -2.38. The molecule has 0 aliphatic carbocycles. The van der Waals surface area contributed by atoms with E-state index < -0.39 is 17.6 Å². The minimum absolute atomic E-state index is 0.0380. The monoisotopic (exact) mass is 593 g/mol. The molecule has 1 aromatic heterocycles. The summed E-state index contributed by atoms with van der Waals surface area (Å²) in [7, 11) is 1.32. The quantitative estimate of drug-likeness (QED) is 0.294. The molecule has 2 amide bonds. The number of halogens is 3. The average Bonchev–Trinajstić information content (AvgIpc) is 2.99. The van der Waals surface area contributed by atoms with E-state index in [9.17, 15) is 23.2 Å². The molecule has 2 aliphatic rings. The summed E-state index contributed by atoms with van der Waals surface area (Å²) >= 11 is 5.89. The Bertz CT molecular complexity index is 1580. The van der Waals surface area contributed by atoms with Gasteiger partial charge >= 0.3 is 5.97 Å². The number of esters is 1. The molecule has 42 heavy (non-hydrogen) atoms. The summed E-state index contributed by atoms with van der Waals surface area (Å²) in [4.78, 5) is 44.8. The molecular formula is C32H30ClF2N3O4. The lowest BCUT2D eigenvalue weighted by molar-refractivity contribution is -0.139. The first-order chi connectivity index (χ1) is 20.3.